The maximum atomic E-state index is 13.2. The van der Waals surface area contributed by atoms with Crippen LogP contribution < -0.4 is 19.6 Å². The number of benzene rings is 3. The lowest BCUT2D eigenvalue weighted by Gasteiger charge is -2.29. The molecule has 1 aliphatic heterocycles. The fourth-order valence-electron chi connectivity index (χ4n) is 3.83. The van der Waals surface area contributed by atoms with Crippen LogP contribution in [-0.4, -0.2) is 18.7 Å². The first-order valence-electron chi connectivity index (χ1n) is 10.2. The molecule has 0 amide bonds. The zero-order valence-corrected chi connectivity index (χ0v) is 19.2. The van der Waals surface area contributed by atoms with Gasteiger partial charge in [0, 0.05) is 13.1 Å². The van der Waals surface area contributed by atoms with Gasteiger partial charge in [0.25, 0.3) is 0 Å². The van der Waals surface area contributed by atoms with Gasteiger partial charge in [-0.2, -0.15) is 0 Å². The molecule has 0 saturated carbocycles. The second-order valence-corrected chi connectivity index (χ2v) is 8.42. The van der Waals surface area contributed by atoms with E-state index in [0.29, 0.717) is 58.1 Å². The summed E-state index contributed by atoms with van der Waals surface area (Å²) in [5.41, 5.74) is 2.01. The number of para-hydroxylation sites is 2. The Morgan fingerprint density at radius 1 is 1.00 bits per heavy atom. The molecule has 1 aliphatic rings. The van der Waals surface area contributed by atoms with Crippen LogP contribution in [0.2, 0.25) is 10.0 Å². The summed E-state index contributed by atoms with van der Waals surface area (Å²) in [7, 11) is 1.54. The van der Waals surface area contributed by atoms with E-state index in [-0.39, 0.29) is 11.2 Å². The van der Waals surface area contributed by atoms with Crippen molar-refractivity contribution in [2.75, 3.05) is 13.8 Å². The smallest absolute Gasteiger partial charge is 0.235 e. The normalized spacial score (nSPS) is 13.4. The highest BCUT2D eigenvalue weighted by molar-refractivity contribution is 6.42. The average Bonchev–Trinajstić information content (AvgIpc) is 2.83. The van der Waals surface area contributed by atoms with E-state index in [1.807, 2.05) is 18.2 Å². The number of fused-ring (bicyclic) bond motifs is 3. The molecule has 0 radical (unpaired) electrons. The standard InChI is InChI=1S/C25H19Cl2NO5/c1-30-21-4-2-3-5-22(21)33-23-13-31-25-16(24(23)29)7-9-20-17(25)12-28(14-32-20)11-15-6-8-18(26)19(27)10-15/h2-10,13H,11-12,14H2,1H3. The minimum absolute atomic E-state index is 0.0799. The molecule has 4 aromatic rings. The predicted molar refractivity (Wildman–Crippen MR) is 127 cm³/mol. The quantitative estimate of drug-likeness (QED) is 0.334. The summed E-state index contributed by atoms with van der Waals surface area (Å²) >= 11 is 12.2. The lowest BCUT2D eigenvalue weighted by atomic mass is 10.1. The first-order valence-corrected chi connectivity index (χ1v) is 11.0. The van der Waals surface area contributed by atoms with E-state index in [1.54, 1.807) is 43.5 Å². The molecule has 0 saturated heterocycles. The van der Waals surface area contributed by atoms with Crippen molar-refractivity contribution in [3.8, 4) is 23.0 Å². The Hall–Kier alpha value is -3.19. The zero-order chi connectivity index (χ0) is 22.9. The number of ether oxygens (including phenoxy) is 3. The molecule has 1 aromatic heterocycles. The maximum Gasteiger partial charge on any atom is 0.235 e. The molecular formula is C25H19Cl2NO5. The first kappa shape index (κ1) is 21.6. The Morgan fingerprint density at radius 2 is 1.82 bits per heavy atom. The monoisotopic (exact) mass is 483 g/mol. The van der Waals surface area contributed by atoms with Gasteiger partial charge in [0.05, 0.1) is 28.1 Å². The van der Waals surface area contributed by atoms with Crippen LogP contribution in [0.15, 0.2) is 70.1 Å². The lowest BCUT2D eigenvalue weighted by molar-refractivity contribution is 0.0890. The van der Waals surface area contributed by atoms with E-state index in [1.165, 1.54) is 6.26 Å². The number of hydrogen-bond donors (Lipinski definition) is 0. The van der Waals surface area contributed by atoms with Crippen molar-refractivity contribution < 1.29 is 18.6 Å². The van der Waals surface area contributed by atoms with Crippen molar-refractivity contribution in [3.05, 3.63) is 92.3 Å². The molecule has 2 heterocycles. The van der Waals surface area contributed by atoms with Gasteiger partial charge in [-0.1, -0.05) is 41.4 Å². The van der Waals surface area contributed by atoms with Crippen LogP contribution >= 0.6 is 23.2 Å². The average molecular weight is 484 g/mol. The summed E-state index contributed by atoms with van der Waals surface area (Å²) in [6.45, 7) is 1.55. The van der Waals surface area contributed by atoms with Gasteiger partial charge in [-0.05, 0) is 42.0 Å². The van der Waals surface area contributed by atoms with Crippen LogP contribution in [0, 0.1) is 0 Å². The lowest BCUT2D eigenvalue weighted by Crippen LogP contribution is -2.31. The van der Waals surface area contributed by atoms with E-state index in [2.05, 4.69) is 4.90 Å². The number of halogens is 2. The minimum atomic E-state index is -0.272. The third kappa shape index (κ3) is 4.25. The number of nitrogens with zero attached hydrogens (tertiary/aromatic N) is 1. The second-order valence-electron chi connectivity index (χ2n) is 7.61. The number of methoxy groups -OCH3 is 1. The second kappa shape index (κ2) is 8.98. The SMILES string of the molecule is COc1ccccc1Oc1coc2c3c(ccc2c1=O)OCN(Cc1ccc(Cl)c(Cl)c1)C3. The van der Waals surface area contributed by atoms with Crippen molar-refractivity contribution in [2.45, 2.75) is 13.1 Å². The van der Waals surface area contributed by atoms with Crippen LogP contribution in [0.5, 0.6) is 23.0 Å². The highest BCUT2D eigenvalue weighted by atomic mass is 35.5. The third-order valence-electron chi connectivity index (χ3n) is 5.43. The first-order chi connectivity index (χ1) is 16.0. The Labute approximate surface area is 199 Å². The molecule has 168 valence electrons. The zero-order valence-electron chi connectivity index (χ0n) is 17.6. The molecule has 0 bridgehead atoms. The molecule has 0 unspecified atom stereocenters. The fourth-order valence-corrected chi connectivity index (χ4v) is 4.15. The Bertz CT molecular complexity index is 1400. The van der Waals surface area contributed by atoms with Crippen molar-refractivity contribution >= 4 is 34.2 Å². The highest BCUT2D eigenvalue weighted by Gasteiger charge is 2.23. The van der Waals surface area contributed by atoms with Crippen molar-refractivity contribution in [1.29, 1.82) is 0 Å². The molecule has 3 aromatic carbocycles. The molecule has 0 atom stereocenters. The van der Waals surface area contributed by atoms with Crippen LogP contribution in [0.3, 0.4) is 0 Å². The minimum Gasteiger partial charge on any atom is -0.493 e. The topological polar surface area (TPSA) is 61.1 Å². The fraction of sp³-hybridized carbons (Fsp3) is 0.160. The predicted octanol–water partition coefficient (Wildman–Crippen LogP) is 6.25. The Balaban J connectivity index is 1.45. The van der Waals surface area contributed by atoms with Gasteiger partial charge in [0.15, 0.2) is 11.5 Å². The van der Waals surface area contributed by atoms with Crippen molar-refractivity contribution in [2.24, 2.45) is 0 Å². The highest BCUT2D eigenvalue weighted by Crippen LogP contribution is 2.35. The summed E-state index contributed by atoms with van der Waals surface area (Å²) in [6.07, 6.45) is 1.33. The Kier molecular flexibility index (Phi) is 5.89. The van der Waals surface area contributed by atoms with Crippen LogP contribution in [0.4, 0.5) is 0 Å². The molecular weight excluding hydrogens is 465 g/mol. The molecule has 0 aliphatic carbocycles. The third-order valence-corrected chi connectivity index (χ3v) is 6.17. The molecule has 8 heteroatoms. The van der Waals surface area contributed by atoms with Gasteiger partial charge < -0.3 is 18.6 Å². The molecule has 33 heavy (non-hydrogen) atoms. The van der Waals surface area contributed by atoms with E-state index in [9.17, 15) is 4.79 Å². The molecule has 0 N–H and O–H groups in total. The van der Waals surface area contributed by atoms with E-state index in [4.69, 9.17) is 41.8 Å². The molecule has 0 fully saturated rings. The summed E-state index contributed by atoms with van der Waals surface area (Å²) < 4.78 is 22.9. The van der Waals surface area contributed by atoms with Gasteiger partial charge in [0.1, 0.15) is 24.3 Å². The summed E-state index contributed by atoms with van der Waals surface area (Å²) in [5, 5.41) is 1.44. The molecule has 0 spiro atoms. The van der Waals surface area contributed by atoms with Gasteiger partial charge in [0.2, 0.25) is 11.2 Å². The van der Waals surface area contributed by atoms with E-state index >= 15 is 0 Å². The van der Waals surface area contributed by atoms with Gasteiger partial charge in [-0.25, -0.2) is 0 Å². The van der Waals surface area contributed by atoms with Crippen LogP contribution in [0.1, 0.15) is 11.1 Å². The van der Waals surface area contributed by atoms with Crippen molar-refractivity contribution in [3.63, 3.8) is 0 Å². The van der Waals surface area contributed by atoms with Crippen molar-refractivity contribution in [1.82, 2.24) is 4.90 Å². The summed E-state index contributed by atoms with van der Waals surface area (Å²) in [6, 6.07) is 16.1. The maximum absolute atomic E-state index is 13.2. The van der Waals surface area contributed by atoms with Gasteiger partial charge >= 0.3 is 0 Å². The van der Waals surface area contributed by atoms with E-state index in [0.717, 1.165) is 11.1 Å². The summed E-state index contributed by atoms with van der Waals surface area (Å²) in [5.74, 6) is 1.72. The summed E-state index contributed by atoms with van der Waals surface area (Å²) in [4.78, 5) is 15.2. The van der Waals surface area contributed by atoms with Gasteiger partial charge in [-0.3, -0.25) is 9.69 Å². The van der Waals surface area contributed by atoms with E-state index < -0.39 is 0 Å². The molecule has 5 rings (SSSR count). The van der Waals surface area contributed by atoms with Crippen LogP contribution in [-0.2, 0) is 13.1 Å². The Morgan fingerprint density at radius 3 is 2.61 bits per heavy atom. The van der Waals surface area contributed by atoms with Crippen LogP contribution in [0.25, 0.3) is 11.0 Å². The number of rotatable bonds is 5. The largest absolute Gasteiger partial charge is 0.493 e. The molecule has 6 nitrogen and oxygen atoms in total. The van der Waals surface area contributed by atoms with Gasteiger partial charge in [-0.15, -0.1) is 0 Å². The number of hydrogen-bond acceptors (Lipinski definition) is 6.